The molecule has 0 aliphatic carbocycles. The van der Waals surface area contributed by atoms with Crippen LogP contribution in [0.5, 0.6) is 11.5 Å². The number of benzene rings is 2. The van der Waals surface area contributed by atoms with Crippen LogP contribution in [0.4, 0.5) is 4.39 Å². The van der Waals surface area contributed by atoms with Crippen LogP contribution in [-0.2, 0) is 6.54 Å². The van der Waals surface area contributed by atoms with Crippen LogP contribution in [0.1, 0.15) is 23.0 Å². The monoisotopic (exact) mass is 452 g/mol. The number of methoxy groups -OCH3 is 2. The Balaban J connectivity index is 1.71. The van der Waals surface area contributed by atoms with Crippen molar-refractivity contribution in [2.75, 3.05) is 46.9 Å². The van der Waals surface area contributed by atoms with E-state index in [0.29, 0.717) is 18.1 Å². The van der Waals surface area contributed by atoms with Gasteiger partial charge in [-0.05, 0) is 40.3 Å². The molecule has 2 aromatic carbocycles. The van der Waals surface area contributed by atoms with Crippen LogP contribution in [0.15, 0.2) is 55.1 Å². The van der Waals surface area contributed by atoms with E-state index in [1.54, 1.807) is 31.0 Å². The maximum absolute atomic E-state index is 13.4. The largest absolute Gasteiger partial charge is 0.497 e. The average Bonchev–Trinajstić information content (AvgIpc) is 3.29. The van der Waals surface area contributed by atoms with Crippen molar-refractivity contribution in [1.29, 1.82) is 0 Å². The molecular formula is C24H29FN6O2. The van der Waals surface area contributed by atoms with Crippen molar-refractivity contribution in [3.05, 3.63) is 77.9 Å². The first-order valence-electron chi connectivity index (χ1n) is 10.9. The van der Waals surface area contributed by atoms with E-state index in [9.17, 15) is 4.39 Å². The summed E-state index contributed by atoms with van der Waals surface area (Å²) < 4.78 is 26.3. The lowest BCUT2D eigenvalue weighted by molar-refractivity contribution is 0.111. The summed E-state index contributed by atoms with van der Waals surface area (Å²) in [5.74, 6) is 1.87. The summed E-state index contributed by atoms with van der Waals surface area (Å²) in [4.78, 5) is 4.74. The Kier molecular flexibility index (Phi) is 7.31. The number of tetrazole rings is 1. The third-order valence-electron chi connectivity index (χ3n) is 5.94. The van der Waals surface area contributed by atoms with Crippen LogP contribution >= 0.6 is 0 Å². The molecule has 0 radical (unpaired) electrons. The minimum Gasteiger partial charge on any atom is -0.497 e. The molecule has 2 heterocycles. The molecule has 8 nitrogen and oxygen atoms in total. The maximum Gasteiger partial charge on any atom is 0.173 e. The van der Waals surface area contributed by atoms with E-state index in [1.165, 1.54) is 12.1 Å². The average molecular weight is 453 g/mol. The molecule has 0 bridgehead atoms. The number of rotatable bonds is 9. The van der Waals surface area contributed by atoms with E-state index in [-0.39, 0.29) is 11.9 Å². The van der Waals surface area contributed by atoms with Gasteiger partial charge in [0.25, 0.3) is 0 Å². The third kappa shape index (κ3) is 5.20. The molecule has 174 valence electrons. The maximum atomic E-state index is 13.4. The molecule has 1 aliphatic rings. The molecule has 0 saturated carbocycles. The fourth-order valence-corrected chi connectivity index (χ4v) is 4.21. The SMILES string of the molecule is C=CCN1CCN(C(c2ccc(OC)cc2OC)c2nnnn2Cc2ccc(F)cc2)CC1. The lowest BCUT2D eigenvalue weighted by Crippen LogP contribution is -2.48. The highest BCUT2D eigenvalue weighted by molar-refractivity contribution is 5.44. The van der Waals surface area contributed by atoms with Gasteiger partial charge in [0.1, 0.15) is 23.4 Å². The smallest absolute Gasteiger partial charge is 0.173 e. The summed E-state index contributed by atoms with van der Waals surface area (Å²) in [5.41, 5.74) is 1.88. The summed E-state index contributed by atoms with van der Waals surface area (Å²) in [6.45, 7) is 8.69. The zero-order valence-corrected chi connectivity index (χ0v) is 19.0. The van der Waals surface area contributed by atoms with Gasteiger partial charge >= 0.3 is 0 Å². The topological polar surface area (TPSA) is 68.5 Å². The first kappa shape index (κ1) is 22.9. The molecule has 0 N–H and O–H groups in total. The third-order valence-corrected chi connectivity index (χ3v) is 5.94. The van der Waals surface area contributed by atoms with Crippen molar-refractivity contribution in [2.24, 2.45) is 0 Å². The minimum absolute atomic E-state index is 0.216. The summed E-state index contributed by atoms with van der Waals surface area (Å²) in [5, 5.41) is 12.7. The zero-order valence-electron chi connectivity index (χ0n) is 19.0. The summed E-state index contributed by atoms with van der Waals surface area (Å²) in [7, 11) is 3.28. The standard InChI is InChI=1S/C24H29FN6O2/c1-4-11-29-12-14-30(15-13-29)23(21-10-9-20(32-2)16-22(21)33-3)24-26-27-28-31(24)17-18-5-7-19(25)8-6-18/h4-10,16,23H,1,11-15,17H2,2-3H3. The van der Waals surface area contributed by atoms with E-state index in [2.05, 4.69) is 31.9 Å². The van der Waals surface area contributed by atoms with Crippen LogP contribution in [0.3, 0.4) is 0 Å². The number of piperazine rings is 1. The lowest BCUT2D eigenvalue weighted by Gasteiger charge is -2.38. The van der Waals surface area contributed by atoms with E-state index >= 15 is 0 Å². The Morgan fingerprint density at radius 2 is 1.82 bits per heavy atom. The van der Waals surface area contributed by atoms with Crippen LogP contribution < -0.4 is 9.47 Å². The predicted molar refractivity (Wildman–Crippen MR) is 123 cm³/mol. The number of halogens is 1. The molecule has 9 heteroatoms. The molecule has 0 amide bonds. The van der Waals surface area contributed by atoms with Crippen LogP contribution in [0.2, 0.25) is 0 Å². The highest BCUT2D eigenvalue weighted by atomic mass is 19.1. The van der Waals surface area contributed by atoms with Gasteiger partial charge in [0.15, 0.2) is 5.82 Å². The van der Waals surface area contributed by atoms with Crippen molar-refractivity contribution in [3.8, 4) is 11.5 Å². The van der Waals surface area contributed by atoms with Gasteiger partial charge in [-0.15, -0.1) is 11.7 Å². The molecule has 1 aliphatic heterocycles. The fraction of sp³-hybridized carbons (Fsp3) is 0.375. The molecular weight excluding hydrogens is 423 g/mol. The second-order valence-corrected chi connectivity index (χ2v) is 7.96. The molecule has 3 aromatic rings. The Hall–Kier alpha value is -3.30. The molecule has 1 unspecified atom stereocenters. The van der Waals surface area contributed by atoms with Gasteiger partial charge in [0.05, 0.1) is 20.8 Å². The summed E-state index contributed by atoms with van der Waals surface area (Å²) in [6, 6.07) is 12.0. The van der Waals surface area contributed by atoms with Crippen molar-refractivity contribution in [3.63, 3.8) is 0 Å². The van der Waals surface area contributed by atoms with Crippen molar-refractivity contribution >= 4 is 0 Å². The molecule has 0 spiro atoms. The Labute approximate surface area is 193 Å². The second kappa shape index (κ2) is 10.5. The number of aromatic nitrogens is 4. The quantitative estimate of drug-likeness (QED) is 0.463. The number of hydrogen-bond acceptors (Lipinski definition) is 7. The van der Waals surface area contributed by atoms with Crippen LogP contribution in [-0.4, -0.2) is 77.0 Å². The number of nitrogens with zero attached hydrogens (tertiary/aromatic N) is 6. The van der Waals surface area contributed by atoms with Gasteiger partial charge < -0.3 is 9.47 Å². The van der Waals surface area contributed by atoms with E-state index in [4.69, 9.17) is 9.47 Å². The Morgan fingerprint density at radius 1 is 1.06 bits per heavy atom. The fourth-order valence-electron chi connectivity index (χ4n) is 4.21. The molecule has 1 atom stereocenters. The van der Waals surface area contributed by atoms with Gasteiger partial charge in [-0.3, -0.25) is 9.80 Å². The molecule has 4 rings (SSSR count). The van der Waals surface area contributed by atoms with Gasteiger partial charge in [0, 0.05) is 44.4 Å². The molecule has 1 saturated heterocycles. The normalized spacial score (nSPS) is 15.8. The highest BCUT2D eigenvalue weighted by Gasteiger charge is 2.32. The van der Waals surface area contributed by atoms with E-state index in [0.717, 1.165) is 49.6 Å². The van der Waals surface area contributed by atoms with Gasteiger partial charge in [-0.1, -0.05) is 18.2 Å². The summed E-state index contributed by atoms with van der Waals surface area (Å²) >= 11 is 0. The van der Waals surface area contributed by atoms with E-state index < -0.39 is 0 Å². The van der Waals surface area contributed by atoms with Crippen molar-refractivity contribution < 1.29 is 13.9 Å². The highest BCUT2D eigenvalue weighted by Crippen LogP contribution is 2.36. The predicted octanol–water partition coefficient (Wildman–Crippen LogP) is 2.77. The lowest BCUT2D eigenvalue weighted by atomic mass is 10.0. The molecule has 1 aromatic heterocycles. The van der Waals surface area contributed by atoms with Gasteiger partial charge in [-0.2, -0.15) is 0 Å². The second-order valence-electron chi connectivity index (χ2n) is 7.96. The number of ether oxygens (including phenoxy) is 2. The van der Waals surface area contributed by atoms with Crippen molar-refractivity contribution in [2.45, 2.75) is 12.6 Å². The zero-order chi connectivity index (χ0) is 23.2. The Morgan fingerprint density at radius 3 is 2.48 bits per heavy atom. The molecule has 1 fully saturated rings. The number of hydrogen-bond donors (Lipinski definition) is 0. The first-order chi connectivity index (χ1) is 16.1. The first-order valence-corrected chi connectivity index (χ1v) is 10.9. The van der Waals surface area contributed by atoms with Crippen LogP contribution in [0, 0.1) is 5.82 Å². The summed E-state index contributed by atoms with van der Waals surface area (Å²) in [6.07, 6.45) is 1.93. The van der Waals surface area contributed by atoms with Crippen LogP contribution in [0.25, 0.3) is 0 Å². The Bertz CT molecular complexity index is 1060. The van der Waals surface area contributed by atoms with Crippen molar-refractivity contribution in [1.82, 2.24) is 30.0 Å². The van der Waals surface area contributed by atoms with Gasteiger partial charge in [0.2, 0.25) is 0 Å². The van der Waals surface area contributed by atoms with E-state index in [1.807, 2.05) is 24.3 Å². The van der Waals surface area contributed by atoms with Gasteiger partial charge in [-0.25, -0.2) is 9.07 Å². The minimum atomic E-state index is -0.270. The molecule has 33 heavy (non-hydrogen) atoms.